The number of rotatable bonds is 4. The number of carbonyl (C=O) groups is 1. The third-order valence-corrected chi connectivity index (χ3v) is 5.14. The molecule has 2 rings (SSSR count). The number of hydrogen-bond donors (Lipinski definition) is 2. The number of thiazole rings is 1. The predicted molar refractivity (Wildman–Crippen MR) is 121 cm³/mol. The fourth-order valence-corrected chi connectivity index (χ4v) is 3.53. The summed E-state index contributed by atoms with van der Waals surface area (Å²) in [6.45, 7) is 9.79. The van der Waals surface area contributed by atoms with Gasteiger partial charge in [-0.15, -0.1) is 35.3 Å². The standard InChI is InChI=1S/C18H31N5O2S.HI/c1-6-14-10-20-15(26-14)11-21-16(19-5)22-13-8-7-9-23(12-13)17(24)25-18(2,3)4;/h10,13H,6-9,11-12H2,1-5H3,(H2,19,21,22);1H. The molecule has 1 amide bonds. The minimum atomic E-state index is -0.472. The minimum absolute atomic E-state index is 0. The van der Waals surface area contributed by atoms with Gasteiger partial charge >= 0.3 is 6.09 Å². The molecule has 1 fully saturated rings. The highest BCUT2D eigenvalue weighted by Crippen LogP contribution is 2.16. The number of halogens is 1. The number of likely N-dealkylation sites (tertiary alicyclic amines) is 1. The van der Waals surface area contributed by atoms with Crippen molar-refractivity contribution in [2.45, 2.75) is 65.1 Å². The van der Waals surface area contributed by atoms with Gasteiger partial charge in [-0.2, -0.15) is 0 Å². The first kappa shape index (κ1) is 23.9. The zero-order chi connectivity index (χ0) is 19.2. The first-order valence-corrected chi connectivity index (χ1v) is 10.0. The van der Waals surface area contributed by atoms with Gasteiger partial charge in [-0.1, -0.05) is 6.92 Å². The summed E-state index contributed by atoms with van der Waals surface area (Å²) in [5.74, 6) is 0.731. The highest BCUT2D eigenvalue weighted by Gasteiger charge is 2.28. The van der Waals surface area contributed by atoms with Crippen molar-refractivity contribution in [1.82, 2.24) is 20.5 Å². The SMILES string of the molecule is CCc1cnc(CNC(=NC)NC2CCCN(C(=O)OC(C)(C)C)C2)s1.I. The summed E-state index contributed by atoms with van der Waals surface area (Å²) in [6.07, 6.45) is 4.63. The quantitative estimate of drug-likeness (QED) is 0.370. The number of hydrogen-bond acceptors (Lipinski definition) is 5. The van der Waals surface area contributed by atoms with Crippen molar-refractivity contribution in [3.63, 3.8) is 0 Å². The number of amides is 1. The Hall–Kier alpha value is -1.10. The summed E-state index contributed by atoms with van der Waals surface area (Å²) in [4.78, 5) is 24.0. The fraction of sp³-hybridized carbons (Fsp3) is 0.722. The van der Waals surface area contributed by atoms with Gasteiger partial charge in [-0.3, -0.25) is 4.99 Å². The summed E-state index contributed by atoms with van der Waals surface area (Å²) in [5, 5.41) is 7.76. The van der Waals surface area contributed by atoms with Crippen molar-refractivity contribution in [2.24, 2.45) is 4.99 Å². The van der Waals surface area contributed by atoms with Crippen molar-refractivity contribution in [3.8, 4) is 0 Å². The van der Waals surface area contributed by atoms with Crippen LogP contribution in [0, 0.1) is 0 Å². The lowest BCUT2D eigenvalue weighted by Gasteiger charge is -2.35. The first-order valence-electron chi connectivity index (χ1n) is 9.19. The van der Waals surface area contributed by atoms with E-state index in [2.05, 4.69) is 27.5 Å². The minimum Gasteiger partial charge on any atom is -0.444 e. The lowest BCUT2D eigenvalue weighted by molar-refractivity contribution is 0.0193. The van der Waals surface area contributed by atoms with E-state index in [4.69, 9.17) is 4.74 Å². The zero-order valence-corrected chi connectivity index (χ0v) is 20.0. The molecule has 1 aliphatic rings. The van der Waals surface area contributed by atoms with Crippen LogP contribution in [0.15, 0.2) is 11.2 Å². The lowest BCUT2D eigenvalue weighted by atomic mass is 10.1. The highest BCUT2D eigenvalue weighted by molar-refractivity contribution is 14.0. The molecule has 1 atom stereocenters. The van der Waals surface area contributed by atoms with Gasteiger partial charge in [0.15, 0.2) is 5.96 Å². The predicted octanol–water partition coefficient (Wildman–Crippen LogP) is 3.39. The van der Waals surface area contributed by atoms with Gasteiger partial charge in [0.25, 0.3) is 0 Å². The van der Waals surface area contributed by atoms with E-state index in [0.29, 0.717) is 13.1 Å². The van der Waals surface area contributed by atoms with Crippen LogP contribution in [0.25, 0.3) is 0 Å². The molecule has 27 heavy (non-hydrogen) atoms. The average molecular weight is 509 g/mol. The largest absolute Gasteiger partial charge is 0.444 e. The van der Waals surface area contributed by atoms with E-state index in [9.17, 15) is 4.79 Å². The summed E-state index contributed by atoms with van der Waals surface area (Å²) in [5.41, 5.74) is -0.472. The van der Waals surface area contributed by atoms with Crippen molar-refractivity contribution in [3.05, 3.63) is 16.1 Å². The topological polar surface area (TPSA) is 78.9 Å². The molecular formula is C18H32IN5O2S. The molecular weight excluding hydrogens is 477 g/mol. The van der Waals surface area contributed by atoms with Gasteiger partial charge in [-0.25, -0.2) is 9.78 Å². The molecule has 0 aromatic carbocycles. The number of guanidine groups is 1. The summed E-state index contributed by atoms with van der Waals surface area (Å²) >= 11 is 1.72. The molecule has 1 aromatic heterocycles. The molecule has 9 heteroatoms. The second kappa shape index (κ2) is 11.0. The van der Waals surface area contributed by atoms with Gasteiger partial charge in [0.1, 0.15) is 10.6 Å². The van der Waals surface area contributed by atoms with Crippen molar-refractivity contribution in [1.29, 1.82) is 0 Å². The average Bonchev–Trinajstić information content (AvgIpc) is 3.05. The van der Waals surface area contributed by atoms with E-state index in [0.717, 1.165) is 36.8 Å². The first-order chi connectivity index (χ1) is 12.3. The Bertz CT molecular complexity index is 630. The maximum Gasteiger partial charge on any atom is 0.410 e. The molecule has 7 nitrogen and oxygen atoms in total. The molecule has 0 spiro atoms. The fourth-order valence-electron chi connectivity index (χ4n) is 2.73. The maximum absolute atomic E-state index is 12.3. The Balaban J connectivity index is 0.00000364. The third-order valence-electron chi connectivity index (χ3n) is 3.99. The van der Waals surface area contributed by atoms with E-state index in [1.807, 2.05) is 27.0 Å². The van der Waals surface area contributed by atoms with E-state index in [1.165, 1.54) is 4.88 Å². The summed E-state index contributed by atoms with van der Waals surface area (Å²) in [6, 6.07) is 0.157. The Kier molecular flexibility index (Phi) is 9.78. The molecule has 0 radical (unpaired) electrons. The Morgan fingerprint density at radius 1 is 1.48 bits per heavy atom. The van der Waals surface area contributed by atoms with Gasteiger partial charge in [0.2, 0.25) is 0 Å². The Morgan fingerprint density at radius 2 is 2.22 bits per heavy atom. The number of piperidine rings is 1. The normalized spacial score (nSPS) is 17.9. The van der Waals surface area contributed by atoms with Crippen LogP contribution in [0.2, 0.25) is 0 Å². The van der Waals surface area contributed by atoms with E-state index >= 15 is 0 Å². The number of carbonyl (C=O) groups excluding carboxylic acids is 1. The second-order valence-electron chi connectivity index (χ2n) is 7.41. The van der Waals surface area contributed by atoms with Crippen LogP contribution in [0.5, 0.6) is 0 Å². The van der Waals surface area contributed by atoms with E-state index < -0.39 is 5.60 Å². The molecule has 1 aromatic rings. The molecule has 0 aliphatic carbocycles. The van der Waals surface area contributed by atoms with Gasteiger partial charge in [-0.05, 0) is 40.0 Å². The van der Waals surface area contributed by atoms with Crippen LogP contribution >= 0.6 is 35.3 Å². The number of nitrogens with one attached hydrogen (secondary N) is 2. The second-order valence-corrected chi connectivity index (χ2v) is 8.61. The van der Waals surface area contributed by atoms with Gasteiger partial charge in [0, 0.05) is 37.3 Å². The Morgan fingerprint density at radius 3 is 2.81 bits per heavy atom. The number of aryl methyl sites for hydroxylation is 1. The van der Waals surface area contributed by atoms with E-state index in [1.54, 1.807) is 23.3 Å². The smallest absolute Gasteiger partial charge is 0.410 e. The maximum atomic E-state index is 12.3. The van der Waals surface area contributed by atoms with Gasteiger partial charge in [0.05, 0.1) is 6.54 Å². The van der Waals surface area contributed by atoms with Crippen LogP contribution in [-0.2, 0) is 17.7 Å². The van der Waals surface area contributed by atoms with Crippen molar-refractivity contribution < 1.29 is 9.53 Å². The number of ether oxygens (including phenoxy) is 1. The molecule has 2 heterocycles. The molecule has 154 valence electrons. The number of aliphatic imine (C=N–C) groups is 1. The third kappa shape index (κ3) is 8.20. The zero-order valence-electron chi connectivity index (χ0n) is 16.9. The molecule has 1 unspecified atom stereocenters. The highest BCUT2D eigenvalue weighted by atomic mass is 127. The summed E-state index contributed by atoms with van der Waals surface area (Å²) in [7, 11) is 1.75. The van der Waals surface area contributed by atoms with Crippen LogP contribution in [0.4, 0.5) is 4.79 Å². The molecule has 0 saturated carbocycles. The van der Waals surface area contributed by atoms with Crippen LogP contribution in [-0.4, -0.2) is 53.7 Å². The van der Waals surface area contributed by atoms with Crippen LogP contribution < -0.4 is 10.6 Å². The monoisotopic (exact) mass is 509 g/mol. The molecule has 1 aliphatic heterocycles. The molecule has 0 bridgehead atoms. The van der Waals surface area contributed by atoms with Crippen LogP contribution in [0.1, 0.15) is 50.4 Å². The van der Waals surface area contributed by atoms with Crippen molar-refractivity contribution >= 4 is 47.4 Å². The van der Waals surface area contributed by atoms with E-state index in [-0.39, 0.29) is 36.1 Å². The molecule has 1 saturated heterocycles. The number of nitrogens with zero attached hydrogens (tertiary/aromatic N) is 3. The Labute approximate surface area is 183 Å². The molecule has 2 N–H and O–H groups in total. The lowest BCUT2D eigenvalue weighted by Crippen LogP contribution is -2.53. The number of aromatic nitrogens is 1. The van der Waals surface area contributed by atoms with Crippen molar-refractivity contribution in [2.75, 3.05) is 20.1 Å². The van der Waals surface area contributed by atoms with Gasteiger partial charge < -0.3 is 20.3 Å². The van der Waals surface area contributed by atoms with Crippen LogP contribution in [0.3, 0.4) is 0 Å². The summed E-state index contributed by atoms with van der Waals surface area (Å²) < 4.78 is 5.48.